The minimum atomic E-state index is -0.442. The van der Waals surface area contributed by atoms with E-state index in [2.05, 4.69) is 379 Å². The molecule has 22 aromatic carbocycles. The van der Waals surface area contributed by atoms with Crippen LogP contribution in [0.1, 0.15) is 6.85 Å². The highest BCUT2D eigenvalue weighted by Gasteiger charge is 2.24. The molecule has 0 radical (unpaired) electrons. The van der Waals surface area contributed by atoms with E-state index in [1.54, 1.807) is 4.57 Å². The van der Waals surface area contributed by atoms with Crippen LogP contribution >= 0.6 is 0 Å². The number of nitrogens with zero attached hydrogens (tertiary/aromatic N) is 9. The van der Waals surface area contributed by atoms with Gasteiger partial charge in [-0.05, 0) is 314 Å². The summed E-state index contributed by atoms with van der Waals surface area (Å²) >= 11 is 0. The molecule has 6 aromatic heterocycles. The predicted octanol–water partition coefficient (Wildman–Crippen LogP) is 34.8. The number of aromatic nitrogens is 9. The lowest BCUT2D eigenvalue weighted by Crippen LogP contribution is -1.97. The largest absolute Gasteiger partial charge is 0.293 e. The van der Waals surface area contributed by atoms with Crippen molar-refractivity contribution < 1.29 is 6.85 Å². The summed E-state index contributed by atoms with van der Waals surface area (Å²) in [6.45, 7) is 0. The van der Waals surface area contributed by atoms with E-state index in [1.807, 2.05) is 127 Å². The van der Waals surface area contributed by atoms with Crippen molar-refractivity contribution in [3.05, 3.63) is 528 Å². The Bertz CT molecular complexity index is 9890. The summed E-state index contributed by atoms with van der Waals surface area (Å²) in [6, 6.07) is 173. The molecule has 143 heavy (non-hydrogen) atoms. The molecule has 0 aliphatic carbocycles. The van der Waals surface area contributed by atoms with Crippen LogP contribution in [0.25, 0.3) is 260 Å². The molecule has 6 heterocycles. The molecule has 0 amide bonds. The smallest absolute Gasteiger partial charge is 0.165 e. The molecule has 0 spiro atoms. The van der Waals surface area contributed by atoms with Crippen molar-refractivity contribution in [1.82, 2.24) is 43.6 Å². The summed E-state index contributed by atoms with van der Waals surface area (Å²) in [6.07, 6.45) is 0. The highest BCUT2D eigenvalue weighted by molar-refractivity contribution is 6.13. The maximum atomic E-state index is 8.85. The minimum Gasteiger partial charge on any atom is -0.293 e. The number of hydrogen-bond donors (Lipinski definition) is 0. The second-order valence-electron chi connectivity index (χ2n) is 36.1. The van der Waals surface area contributed by atoms with Crippen molar-refractivity contribution in [3.8, 4) is 139 Å². The molecule has 0 fully saturated rings. The molecule has 0 aliphatic heterocycles. The lowest BCUT2D eigenvalue weighted by atomic mass is 9.93. The molecular weight excluding hydrogens is 1740 g/mol. The fourth-order valence-electron chi connectivity index (χ4n) is 20.3. The fraction of sp³-hybridized carbons (Fsp3) is 0. The molecule has 9 nitrogen and oxygen atoms in total. The Balaban J connectivity index is 0.000000113. The van der Waals surface area contributed by atoms with Crippen molar-refractivity contribution in [3.63, 3.8) is 0 Å². The number of hydrogen-bond acceptors (Lipinski definition) is 6. The Labute approximate surface area is 832 Å². The standard InChI is InChI=1S/2C48H31N3.C38H25N3/c1-4-13-32(14-5-1)37-27-38(33-15-6-2-7-16-33)29-39(28-37)35-23-25-43-46(31-35)51(48-47(43)49-44-21-10-11-22-45(44)50-48)40-24-26-42-36(30-40)19-12-20-41(42)34-17-8-3-9-18-34;1-4-12-32(13-5-1)35-20-21-37-30-42(24-22-36(37)26-35)51-46-31-38(23-25-43(46)47-48(51)50-45-19-11-10-18-44(45)49-47)41-28-39(33-14-6-2-7-15-33)27-40(29-41)34-16-8-3-9-17-34;1-4-12-26(13-5-1)29-22-30(27-14-6-2-7-15-27)24-31(23-29)28-20-21-33-36(25-28)41(32-16-8-3-9-17-32)38-37(33)39-34-18-10-11-19-35(34)40-38/h2*1-31H;1-25H/i;;3D,8D,9D,16D,17D. The van der Waals surface area contributed by atoms with Crippen molar-refractivity contribution in [2.45, 2.75) is 0 Å². The van der Waals surface area contributed by atoms with E-state index in [1.165, 1.54) is 88.3 Å². The highest BCUT2D eigenvalue weighted by atomic mass is 15.1. The van der Waals surface area contributed by atoms with Gasteiger partial charge in [0.25, 0.3) is 0 Å². The first-order chi connectivity index (χ1) is 72.9. The van der Waals surface area contributed by atoms with Crippen LogP contribution in [0, 0.1) is 0 Å². The van der Waals surface area contributed by atoms with Gasteiger partial charge < -0.3 is 0 Å². The van der Waals surface area contributed by atoms with Gasteiger partial charge in [0, 0.05) is 33.2 Å². The molecule has 28 rings (SSSR count). The van der Waals surface area contributed by atoms with Crippen LogP contribution in [-0.2, 0) is 0 Å². The van der Waals surface area contributed by atoms with E-state index in [0.717, 1.165) is 139 Å². The molecule has 28 aromatic rings. The SMILES string of the molecule is [2H]c1c([2H])c([2H])c(-n2c3cc(-c4cc(-c5ccccc5)cc(-c5ccccc5)c4)ccc3c3nc4ccccc4nc32)c([2H])c1[2H].c1ccc(-c2cc(-c3ccccc3)cc(-c3ccc4c5nc6ccccc6nc5n(-c5ccc6c(-c7ccccc7)cccc6c5)c4c3)c2)cc1.c1ccc(-c2cc(-c3ccccc3)cc(-c3ccc4c5nc6ccccc6nc5n(-c5ccc6cc(-c7ccccc7)ccc6c5)c4c3)c2)cc1. The molecular formula is C134H87N9. The van der Waals surface area contributed by atoms with Gasteiger partial charge in [-0.25, -0.2) is 29.9 Å². The maximum absolute atomic E-state index is 8.85. The Hall–Kier alpha value is -19.2. The maximum Gasteiger partial charge on any atom is 0.165 e. The van der Waals surface area contributed by atoms with Gasteiger partial charge >= 0.3 is 0 Å². The lowest BCUT2D eigenvalue weighted by Gasteiger charge is -2.13. The average Bonchev–Trinajstić information content (AvgIpc) is 1.57. The second kappa shape index (κ2) is 36.4. The lowest BCUT2D eigenvalue weighted by molar-refractivity contribution is 1.14. The first-order valence-corrected chi connectivity index (χ1v) is 48.1. The van der Waals surface area contributed by atoms with Gasteiger partial charge in [-0.15, -0.1) is 0 Å². The number of rotatable bonds is 14. The van der Waals surface area contributed by atoms with Gasteiger partial charge in [0.05, 0.1) is 56.5 Å². The monoisotopic (exact) mass is 1830 g/mol. The Morgan fingerprint density at radius 3 is 0.748 bits per heavy atom. The quantitative estimate of drug-likeness (QED) is 0.108. The predicted molar refractivity (Wildman–Crippen MR) is 596 cm³/mol. The summed E-state index contributed by atoms with van der Waals surface area (Å²) < 4.78 is 49.0. The molecule has 0 aliphatic rings. The number of fused-ring (bicyclic) bond motifs is 14. The van der Waals surface area contributed by atoms with Gasteiger partial charge in [-0.2, -0.15) is 0 Å². The molecule has 9 heteroatoms. The third kappa shape index (κ3) is 16.1. The van der Waals surface area contributed by atoms with Gasteiger partial charge in [-0.1, -0.05) is 358 Å². The molecule has 0 saturated carbocycles. The van der Waals surface area contributed by atoms with Crippen LogP contribution in [0.3, 0.4) is 0 Å². The van der Waals surface area contributed by atoms with Crippen LogP contribution in [-0.4, -0.2) is 43.6 Å². The number of para-hydroxylation sites is 7. The van der Waals surface area contributed by atoms with Gasteiger partial charge in [0.1, 0.15) is 16.6 Å². The Kier molecular flexibility index (Phi) is 20.1. The zero-order valence-corrected chi connectivity index (χ0v) is 77.4. The summed E-state index contributed by atoms with van der Waals surface area (Å²) in [5, 5.41) is 7.70. The Morgan fingerprint density at radius 2 is 0.406 bits per heavy atom. The first-order valence-electron chi connectivity index (χ1n) is 50.6. The van der Waals surface area contributed by atoms with Crippen LogP contribution in [0.15, 0.2) is 528 Å². The van der Waals surface area contributed by atoms with Crippen molar-refractivity contribution >= 4 is 121 Å². The minimum absolute atomic E-state index is 0.0377. The van der Waals surface area contributed by atoms with E-state index < -0.39 is 18.1 Å². The average molecular weight is 1830 g/mol. The van der Waals surface area contributed by atoms with Crippen LogP contribution in [0.4, 0.5) is 0 Å². The highest BCUT2D eigenvalue weighted by Crippen LogP contribution is 2.45. The van der Waals surface area contributed by atoms with E-state index in [0.29, 0.717) is 27.7 Å². The second-order valence-corrected chi connectivity index (χ2v) is 36.1. The topological polar surface area (TPSA) is 92.1 Å². The molecule has 668 valence electrons. The van der Waals surface area contributed by atoms with Crippen molar-refractivity contribution in [1.29, 1.82) is 0 Å². The third-order valence-electron chi connectivity index (χ3n) is 27.3. The molecule has 0 N–H and O–H groups in total. The summed E-state index contributed by atoms with van der Waals surface area (Å²) in [5.41, 5.74) is 39.5. The van der Waals surface area contributed by atoms with Gasteiger partial charge in [0.15, 0.2) is 16.9 Å². The molecule has 0 bridgehead atoms. The molecule has 0 atom stereocenters. The van der Waals surface area contributed by atoms with Gasteiger partial charge in [-0.3, -0.25) is 13.7 Å². The normalized spacial score (nSPS) is 12.0. The zero-order valence-electron chi connectivity index (χ0n) is 82.4. The van der Waals surface area contributed by atoms with Gasteiger partial charge in [0.2, 0.25) is 0 Å². The summed E-state index contributed by atoms with van der Waals surface area (Å²) in [5.74, 6) is 0. The summed E-state index contributed by atoms with van der Waals surface area (Å²) in [4.78, 5) is 30.7. The molecule has 0 saturated heterocycles. The van der Waals surface area contributed by atoms with E-state index in [-0.39, 0.29) is 17.8 Å². The van der Waals surface area contributed by atoms with Crippen LogP contribution < -0.4 is 0 Å². The molecule has 0 unspecified atom stereocenters. The summed E-state index contributed by atoms with van der Waals surface area (Å²) in [7, 11) is 0. The van der Waals surface area contributed by atoms with Crippen LogP contribution in [0.5, 0.6) is 0 Å². The van der Waals surface area contributed by atoms with Crippen LogP contribution in [0.2, 0.25) is 0 Å². The third-order valence-corrected chi connectivity index (χ3v) is 27.3. The van der Waals surface area contributed by atoms with Crippen molar-refractivity contribution in [2.75, 3.05) is 0 Å². The van der Waals surface area contributed by atoms with Crippen molar-refractivity contribution in [2.24, 2.45) is 0 Å². The number of benzene rings is 22. The van der Waals surface area contributed by atoms with E-state index in [4.69, 9.17) is 36.8 Å². The first kappa shape index (κ1) is 78.9. The fourth-order valence-corrected chi connectivity index (χ4v) is 20.3. The Morgan fingerprint density at radius 1 is 0.154 bits per heavy atom. The van der Waals surface area contributed by atoms with E-state index in [9.17, 15) is 0 Å². The van der Waals surface area contributed by atoms with E-state index >= 15 is 0 Å². The zero-order chi connectivity index (χ0) is 99.0.